The summed E-state index contributed by atoms with van der Waals surface area (Å²) in [6, 6.07) is 0. The average Bonchev–Trinajstić information content (AvgIpc) is 3.50. The lowest BCUT2D eigenvalue weighted by molar-refractivity contribution is -0.152. The number of hydrogen-bond acceptors (Lipinski definition) is 7. The molecule has 0 saturated heterocycles. The summed E-state index contributed by atoms with van der Waals surface area (Å²) in [6.45, 7) is 10.7. The van der Waals surface area contributed by atoms with E-state index in [2.05, 4.69) is 37.7 Å². The number of carbonyl (C=O) groups is 1. The summed E-state index contributed by atoms with van der Waals surface area (Å²) in [6.07, 6.45) is 17.8. The average molecular weight is 581 g/mol. The number of aryl methyl sites for hydroxylation is 1. The molecule has 4 saturated carbocycles. The summed E-state index contributed by atoms with van der Waals surface area (Å²) in [5, 5.41) is 24.6. The molecule has 7 nitrogen and oxygen atoms in total. The molecule has 2 N–H and O–H groups in total. The van der Waals surface area contributed by atoms with Gasteiger partial charge >= 0.3 is 5.97 Å². The van der Waals surface area contributed by atoms with Gasteiger partial charge in [-0.15, -0.1) is 0 Å². The highest BCUT2D eigenvalue weighted by Gasteiger charge is 2.57. The van der Waals surface area contributed by atoms with Gasteiger partial charge in [0.1, 0.15) is 6.10 Å². The molecule has 4 aliphatic rings. The Labute approximate surface area is 251 Å². The zero-order valence-electron chi connectivity index (χ0n) is 26.1. The van der Waals surface area contributed by atoms with E-state index in [1.165, 1.54) is 31.3 Å². The lowest BCUT2D eigenvalue weighted by Crippen LogP contribution is -2.34. The molecule has 4 aliphatic carbocycles. The Bertz CT molecular complexity index is 1180. The first-order chi connectivity index (χ1) is 20.2. The molecule has 0 bridgehead atoms. The third kappa shape index (κ3) is 6.47. The number of aliphatic hydroxyl groups is 2. The monoisotopic (exact) mass is 580 g/mol. The molecule has 42 heavy (non-hydrogen) atoms. The summed E-state index contributed by atoms with van der Waals surface area (Å²) in [5.74, 6) is 2.51. The standard InChI is InChI=1S/C35H52N2O5/c1-5-9-31-36-33(42-37-31)35(19-20-35)30(41-32(40)10-6-2)13-7-12-26-16-17-28-24(11-8-18-34(26,28)4)14-15-25-21-27(38)22-29(39)23(25)3/h14-15,26-30,38-39H,3,5-13,16-22H2,1-2,4H3/b24-14+,25-15-/t26?,27-,28?,29+,30?,34?/m1/s1. The van der Waals surface area contributed by atoms with Crippen LogP contribution in [0.3, 0.4) is 0 Å². The maximum absolute atomic E-state index is 12.7. The van der Waals surface area contributed by atoms with Crippen LogP contribution in [0.15, 0.2) is 40.0 Å². The van der Waals surface area contributed by atoms with Crippen molar-refractivity contribution in [3.05, 3.63) is 47.2 Å². The zero-order valence-corrected chi connectivity index (χ0v) is 26.1. The lowest BCUT2D eigenvalue weighted by Gasteiger charge is -2.42. The van der Waals surface area contributed by atoms with Gasteiger partial charge < -0.3 is 19.5 Å². The minimum Gasteiger partial charge on any atom is -0.461 e. The Hall–Kier alpha value is -2.25. The van der Waals surface area contributed by atoms with E-state index in [0.29, 0.717) is 37.0 Å². The fourth-order valence-corrected chi connectivity index (χ4v) is 8.29. The summed E-state index contributed by atoms with van der Waals surface area (Å²) in [4.78, 5) is 17.4. The molecule has 232 valence electrons. The van der Waals surface area contributed by atoms with Gasteiger partial charge in [0.05, 0.1) is 17.6 Å². The summed E-state index contributed by atoms with van der Waals surface area (Å²) < 4.78 is 11.9. The molecule has 1 aromatic rings. The number of allylic oxidation sites excluding steroid dienone is 3. The first kappa shape index (κ1) is 31.2. The second-order valence-electron chi connectivity index (χ2n) is 13.8. The number of carbonyl (C=O) groups excluding carboxylic acids is 1. The van der Waals surface area contributed by atoms with Gasteiger partial charge in [-0.2, -0.15) is 4.98 Å². The Balaban J connectivity index is 1.25. The molecule has 0 aliphatic heterocycles. The van der Waals surface area contributed by atoms with Gasteiger partial charge in [0.25, 0.3) is 0 Å². The first-order valence-electron chi connectivity index (χ1n) is 16.7. The highest BCUT2D eigenvalue weighted by Crippen LogP contribution is 2.59. The fraction of sp³-hybridized carbons (Fsp3) is 0.743. The fourth-order valence-electron chi connectivity index (χ4n) is 8.29. The van der Waals surface area contributed by atoms with Crippen LogP contribution in [0.4, 0.5) is 0 Å². The maximum Gasteiger partial charge on any atom is 0.306 e. The van der Waals surface area contributed by atoms with E-state index in [-0.39, 0.29) is 22.9 Å². The van der Waals surface area contributed by atoms with Crippen LogP contribution in [0.2, 0.25) is 0 Å². The topological polar surface area (TPSA) is 106 Å². The third-order valence-electron chi connectivity index (χ3n) is 10.9. The molecule has 0 aromatic carbocycles. The van der Waals surface area contributed by atoms with Gasteiger partial charge in [0, 0.05) is 19.3 Å². The number of fused-ring (bicyclic) bond motifs is 1. The molecule has 0 spiro atoms. The van der Waals surface area contributed by atoms with Crippen LogP contribution < -0.4 is 0 Å². The second kappa shape index (κ2) is 13.2. The van der Waals surface area contributed by atoms with Crippen LogP contribution in [-0.4, -0.2) is 44.6 Å². The van der Waals surface area contributed by atoms with E-state index < -0.39 is 12.2 Å². The van der Waals surface area contributed by atoms with Gasteiger partial charge in [-0.05, 0) is 112 Å². The molecule has 1 aromatic heterocycles. The molecule has 0 radical (unpaired) electrons. The Morgan fingerprint density at radius 1 is 1.19 bits per heavy atom. The van der Waals surface area contributed by atoms with Crippen molar-refractivity contribution in [3.63, 3.8) is 0 Å². The maximum atomic E-state index is 12.7. The summed E-state index contributed by atoms with van der Waals surface area (Å²) >= 11 is 0. The molecule has 6 atom stereocenters. The lowest BCUT2D eigenvalue weighted by atomic mass is 9.62. The Morgan fingerprint density at radius 2 is 2.00 bits per heavy atom. The summed E-state index contributed by atoms with van der Waals surface area (Å²) in [7, 11) is 0. The largest absolute Gasteiger partial charge is 0.461 e. The van der Waals surface area contributed by atoms with Crippen LogP contribution in [0.25, 0.3) is 0 Å². The normalized spacial score (nSPS) is 33.1. The minimum atomic E-state index is -0.649. The molecule has 0 amide bonds. The molecule has 7 heteroatoms. The molecule has 5 rings (SSSR count). The Morgan fingerprint density at radius 3 is 2.74 bits per heavy atom. The van der Waals surface area contributed by atoms with Crippen LogP contribution in [0.1, 0.15) is 129 Å². The van der Waals surface area contributed by atoms with Crippen LogP contribution in [0, 0.1) is 17.3 Å². The smallest absolute Gasteiger partial charge is 0.306 e. The first-order valence-corrected chi connectivity index (χ1v) is 16.7. The van der Waals surface area contributed by atoms with Crippen LogP contribution >= 0.6 is 0 Å². The van der Waals surface area contributed by atoms with E-state index in [1.807, 2.05) is 6.92 Å². The van der Waals surface area contributed by atoms with E-state index in [9.17, 15) is 15.0 Å². The van der Waals surface area contributed by atoms with Crippen LogP contribution in [-0.2, 0) is 21.4 Å². The van der Waals surface area contributed by atoms with Crippen molar-refractivity contribution in [1.82, 2.24) is 10.1 Å². The quantitative estimate of drug-likeness (QED) is 0.255. The van der Waals surface area contributed by atoms with E-state index >= 15 is 0 Å². The zero-order chi connectivity index (χ0) is 29.9. The van der Waals surface area contributed by atoms with E-state index in [4.69, 9.17) is 14.2 Å². The van der Waals surface area contributed by atoms with E-state index in [1.54, 1.807) is 0 Å². The Kier molecular flexibility index (Phi) is 9.78. The van der Waals surface area contributed by atoms with Crippen LogP contribution in [0.5, 0.6) is 0 Å². The molecule has 4 unspecified atom stereocenters. The number of ether oxygens (including phenoxy) is 1. The van der Waals surface area contributed by atoms with Crippen molar-refractivity contribution >= 4 is 5.97 Å². The van der Waals surface area contributed by atoms with Crippen molar-refractivity contribution < 1.29 is 24.3 Å². The molecular weight excluding hydrogens is 528 g/mol. The second-order valence-corrected chi connectivity index (χ2v) is 13.8. The number of aromatic nitrogens is 2. The van der Waals surface area contributed by atoms with Gasteiger partial charge in [0.2, 0.25) is 5.89 Å². The summed E-state index contributed by atoms with van der Waals surface area (Å²) in [5.41, 5.74) is 3.21. The molecule has 1 heterocycles. The third-order valence-corrected chi connectivity index (χ3v) is 10.9. The number of hydrogen-bond donors (Lipinski definition) is 2. The predicted octanol–water partition coefficient (Wildman–Crippen LogP) is 7.08. The van der Waals surface area contributed by atoms with Gasteiger partial charge in [-0.3, -0.25) is 4.79 Å². The number of esters is 1. The van der Waals surface area contributed by atoms with Crippen molar-refractivity contribution in [1.29, 1.82) is 0 Å². The number of rotatable bonds is 12. The van der Waals surface area contributed by atoms with Crippen molar-refractivity contribution in [3.8, 4) is 0 Å². The van der Waals surface area contributed by atoms with Crippen molar-refractivity contribution in [2.24, 2.45) is 17.3 Å². The molecular formula is C35H52N2O5. The number of aliphatic hydroxyl groups excluding tert-OH is 2. The van der Waals surface area contributed by atoms with E-state index in [0.717, 1.165) is 74.8 Å². The van der Waals surface area contributed by atoms with Gasteiger partial charge in [-0.1, -0.05) is 50.2 Å². The van der Waals surface area contributed by atoms with Crippen molar-refractivity contribution in [2.45, 2.75) is 147 Å². The highest BCUT2D eigenvalue weighted by molar-refractivity contribution is 5.69. The van der Waals surface area contributed by atoms with Gasteiger partial charge in [-0.25, -0.2) is 0 Å². The van der Waals surface area contributed by atoms with Gasteiger partial charge in [0.15, 0.2) is 5.82 Å². The minimum absolute atomic E-state index is 0.119. The molecule has 4 fully saturated rings. The SMILES string of the molecule is C=C1/C(=C\C=C2/CCCC3(C)C(CCCC(OC(=O)CCC)C4(c5nc(CCC)no5)CC4)CCC23)C[C@@H](O)C[C@@H]1O. The number of nitrogens with zero attached hydrogens (tertiary/aromatic N) is 2. The predicted molar refractivity (Wildman–Crippen MR) is 163 cm³/mol. The van der Waals surface area contributed by atoms with Crippen molar-refractivity contribution in [2.75, 3.05) is 0 Å². The highest BCUT2D eigenvalue weighted by atomic mass is 16.5.